The summed E-state index contributed by atoms with van der Waals surface area (Å²) in [6.45, 7) is 2.81. The highest BCUT2D eigenvalue weighted by Crippen LogP contribution is 2.34. The summed E-state index contributed by atoms with van der Waals surface area (Å²) in [4.78, 5) is 0. The van der Waals surface area contributed by atoms with Crippen molar-refractivity contribution in [3.05, 3.63) is 96.1 Å². The first-order valence-corrected chi connectivity index (χ1v) is 9.70. The van der Waals surface area contributed by atoms with Gasteiger partial charge in [-0.15, -0.1) is 0 Å². The summed E-state index contributed by atoms with van der Waals surface area (Å²) in [6.07, 6.45) is -0.270. The van der Waals surface area contributed by atoms with Crippen molar-refractivity contribution in [1.29, 1.82) is 0 Å². The highest BCUT2D eigenvalue weighted by Gasteiger charge is 2.28. The molecule has 0 spiro atoms. The number of morpholine rings is 1. The lowest BCUT2D eigenvalue weighted by Gasteiger charge is -2.32. The number of hydrogen-bond donors (Lipinski definition) is 1. The molecule has 144 valence electrons. The van der Waals surface area contributed by atoms with Crippen LogP contribution in [0.1, 0.15) is 17.2 Å². The van der Waals surface area contributed by atoms with Crippen LogP contribution in [-0.4, -0.2) is 25.8 Å². The first-order chi connectivity index (χ1) is 13.9. The molecule has 3 aromatic carbocycles. The number of ether oxygens (including phenoxy) is 3. The standard InChI is InChI=1S/C24H25NO3/c1-3-9-19(10-4-1)18-27-21-13-7-8-14-22(21)28-24(20-11-5-2-6-12-20)23-17-25-15-16-26-23/h1-14,23-25H,15-18H2/t23?,24-/m0/s1. The lowest BCUT2D eigenvalue weighted by Crippen LogP contribution is -2.43. The van der Waals surface area contributed by atoms with Gasteiger partial charge in [0.25, 0.3) is 0 Å². The van der Waals surface area contributed by atoms with Crippen LogP contribution in [0.2, 0.25) is 0 Å². The van der Waals surface area contributed by atoms with Gasteiger partial charge in [0, 0.05) is 13.1 Å². The Hall–Kier alpha value is -2.82. The van der Waals surface area contributed by atoms with Crippen molar-refractivity contribution in [1.82, 2.24) is 5.32 Å². The maximum Gasteiger partial charge on any atom is 0.162 e. The van der Waals surface area contributed by atoms with Gasteiger partial charge in [0.1, 0.15) is 12.7 Å². The van der Waals surface area contributed by atoms with Crippen LogP contribution in [0.4, 0.5) is 0 Å². The quantitative estimate of drug-likeness (QED) is 0.665. The van der Waals surface area contributed by atoms with E-state index in [0.29, 0.717) is 13.2 Å². The summed E-state index contributed by atoms with van der Waals surface area (Å²) in [7, 11) is 0. The molecule has 1 N–H and O–H groups in total. The predicted molar refractivity (Wildman–Crippen MR) is 110 cm³/mol. The van der Waals surface area contributed by atoms with E-state index in [0.717, 1.165) is 35.7 Å². The fourth-order valence-corrected chi connectivity index (χ4v) is 3.32. The molecule has 4 heteroatoms. The number of hydrogen-bond acceptors (Lipinski definition) is 4. The third-order valence-corrected chi connectivity index (χ3v) is 4.76. The van der Waals surface area contributed by atoms with E-state index in [2.05, 4.69) is 29.6 Å². The SMILES string of the molecule is c1ccc(COc2ccccc2O[C@@H](c2ccccc2)C2CNCCO2)cc1. The lowest BCUT2D eigenvalue weighted by atomic mass is 10.0. The van der Waals surface area contributed by atoms with Crippen LogP contribution in [-0.2, 0) is 11.3 Å². The van der Waals surface area contributed by atoms with Crippen LogP contribution in [0, 0.1) is 0 Å². The smallest absolute Gasteiger partial charge is 0.162 e. The second-order valence-electron chi connectivity index (χ2n) is 6.78. The summed E-state index contributed by atoms with van der Waals surface area (Å²) in [6, 6.07) is 28.2. The minimum Gasteiger partial charge on any atom is -0.485 e. The van der Waals surface area contributed by atoms with Crippen molar-refractivity contribution in [3.63, 3.8) is 0 Å². The second kappa shape index (κ2) is 9.40. The predicted octanol–water partition coefficient (Wildman–Crippen LogP) is 4.37. The minimum atomic E-state index is -0.213. The van der Waals surface area contributed by atoms with Crippen molar-refractivity contribution in [2.24, 2.45) is 0 Å². The maximum atomic E-state index is 6.47. The second-order valence-corrected chi connectivity index (χ2v) is 6.78. The van der Waals surface area contributed by atoms with Gasteiger partial charge in [-0.2, -0.15) is 0 Å². The number of rotatable bonds is 7. The summed E-state index contributed by atoms with van der Waals surface area (Å²) in [5.74, 6) is 1.46. The van der Waals surface area contributed by atoms with Crippen molar-refractivity contribution in [3.8, 4) is 11.5 Å². The van der Waals surface area contributed by atoms with Gasteiger partial charge >= 0.3 is 0 Å². The number of nitrogens with one attached hydrogen (secondary N) is 1. The molecule has 0 saturated carbocycles. The summed E-state index contributed by atoms with van der Waals surface area (Å²) >= 11 is 0. The first-order valence-electron chi connectivity index (χ1n) is 9.70. The van der Waals surface area contributed by atoms with Crippen molar-refractivity contribution >= 4 is 0 Å². The Kier molecular flexibility index (Phi) is 6.22. The topological polar surface area (TPSA) is 39.7 Å². The van der Waals surface area contributed by atoms with Crippen molar-refractivity contribution < 1.29 is 14.2 Å². The Morgan fingerprint density at radius 2 is 1.54 bits per heavy atom. The van der Waals surface area contributed by atoms with Gasteiger partial charge in [-0.3, -0.25) is 0 Å². The Labute approximate surface area is 166 Å². The van der Waals surface area contributed by atoms with E-state index in [9.17, 15) is 0 Å². The van der Waals surface area contributed by atoms with E-state index in [1.807, 2.05) is 60.7 Å². The molecule has 0 amide bonds. The molecular weight excluding hydrogens is 350 g/mol. The zero-order chi connectivity index (χ0) is 19.0. The van der Waals surface area contributed by atoms with Crippen molar-refractivity contribution in [2.45, 2.75) is 18.8 Å². The van der Waals surface area contributed by atoms with E-state index in [-0.39, 0.29) is 12.2 Å². The van der Waals surface area contributed by atoms with Crippen molar-refractivity contribution in [2.75, 3.05) is 19.7 Å². The fourth-order valence-electron chi connectivity index (χ4n) is 3.32. The van der Waals surface area contributed by atoms with Gasteiger partial charge in [-0.05, 0) is 23.3 Å². The molecule has 0 aliphatic carbocycles. The highest BCUT2D eigenvalue weighted by atomic mass is 16.6. The molecule has 1 unspecified atom stereocenters. The molecule has 1 saturated heterocycles. The Morgan fingerprint density at radius 1 is 0.857 bits per heavy atom. The van der Waals surface area contributed by atoms with E-state index in [1.54, 1.807) is 0 Å². The zero-order valence-electron chi connectivity index (χ0n) is 15.8. The number of benzene rings is 3. The summed E-state index contributed by atoms with van der Waals surface area (Å²) < 4.78 is 18.5. The number of para-hydroxylation sites is 2. The molecule has 4 rings (SSSR count). The highest BCUT2D eigenvalue weighted by molar-refractivity contribution is 5.40. The molecule has 0 aromatic heterocycles. The van der Waals surface area contributed by atoms with Gasteiger partial charge in [0.2, 0.25) is 0 Å². The monoisotopic (exact) mass is 375 g/mol. The molecule has 2 atom stereocenters. The molecular formula is C24H25NO3. The van der Waals surface area contributed by atoms with Crippen LogP contribution in [0.5, 0.6) is 11.5 Å². The van der Waals surface area contributed by atoms with Gasteiger partial charge in [-0.25, -0.2) is 0 Å². The zero-order valence-corrected chi connectivity index (χ0v) is 15.8. The molecule has 1 aliphatic rings. The Balaban J connectivity index is 1.54. The lowest BCUT2D eigenvalue weighted by molar-refractivity contribution is -0.0440. The average Bonchev–Trinajstić information content (AvgIpc) is 2.78. The van der Waals surface area contributed by atoms with E-state index in [1.165, 1.54) is 0 Å². The molecule has 0 bridgehead atoms. The molecule has 1 heterocycles. The Bertz CT molecular complexity index is 848. The normalized spacial score (nSPS) is 17.6. The van der Waals surface area contributed by atoms with E-state index < -0.39 is 0 Å². The molecule has 1 fully saturated rings. The van der Waals surface area contributed by atoms with Crippen LogP contribution >= 0.6 is 0 Å². The maximum absolute atomic E-state index is 6.47. The van der Waals surface area contributed by atoms with Crippen LogP contribution in [0.15, 0.2) is 84.9 Å². The van der Waals surface area contributed by atoms with E-state index >= 15 is 0 Å². The van der Waals surface area contributed by atoms with Crippen LogP contribution in [0.25, 0.3) is 0 Å². The average molecular weight is 375 g/mol. The van der Waals surface area contributed by atoms with Crippen LogP contribution < -0.4 is 14.8 Å². The molecule has 0 radical (unpaired) electrons. The van der Waals surface area contributed by atoms with Crippen LogP contribution in [0.3, 0.4) is 0 Å². The minimum absolute atomic E-state index is 0.0571. The third kappa shape index (κ3) is 4.71. The van der Waals surface area contributed by atoms with Gasteiger partial charge in [-0.1, -0.05) is 72.8 Å². The third-order valence-electron chi connectivity index (χ3n) is 4.76. The summed E-state index contributed by atoms with van der Waals surface area (Å²) in [5.41, 5.74) is 2.21. The molecule has 3 aromatic rings. The van der Waals surface area contributed by atoms with Gasteiger partial charge < -0.3 is 19.5 Å². The van der Waals surface area contributed by atoms with Gasteiger partial charge in [0.05, 0.1) is 6.61 Å². The Morgan fingerprint density at radius 3 is 2.25 bits per heavy atom. The molecule has 4 nitrogen and oxygen atoms in total. The molecule has 28 heavy (non-hydrogen) atoms. The summed E-state index contributed by atoms with van der Waals surface area (Å²) in [5, 5.41) is 3.40. The first kappa shape index (κ1) is 18.5. The van der Waals surface area contributed by atoms with Gasteiger partial charge in [0.15, 0.2) is 17.6 Å². The largest absolute Gasteiger partial charge is 0.485 e. The molecule has 1 aliphatic heterocycles. The fraction of sp³-hybridized carbons (Fsp3) is 0.250. The van der Waals surface area contributed by atoms with E-state index in [4.69, 9.17) is 14.2 Å².